The summed E-state index contributed by atoms with van der Waals surface area (Å²) in [5.41, 5.74) is 2.10. The van der Waals surface area contributed by atoms with E-state index in [0.29, 0.717) is 27.3 Å². The van der Waals surface area contributed by atoms with Crippen molar-refractivity contribution in [1.29, 1.82) is 0 Å². The Morgan fingerprint density at radius 2 is 1.66 bits per heavy atom. The first-order valence-electron chi connectivity index (χ1n) is 8.60. The smallest absolute Gasteiger partial charge is 0.186 e. The first kappa shape index (κ1) is 21.1. The van der Waals surface area contributed by atoms with Crippen molar-refractivity contribution in [2.24, 2.45) is 0 Å². The molecule has 6 nitrogen and oxygen atoms in total. The third kappa shape index (κ3) is 4.71. The molecule has 152 valence electrons. The van der Waals surface area contributed by atoms with E-state index in [1.165, 1.54) is 13.2 Å². The Morgan fingerprint density at radius 3 is 2.34 bits per heavy atom. The second-order valence-corrected chi connectivity index (χ2v) is 9.08. The number of hydrogen-bond donors (Lipinski definition) is 0. The molecule has 0 aliphatic carbocycles. The number of methoxy groups -OCH3 is 3. The monoisotopic (exact) mass is 477 g/mol. The maximum Gasteiger partial charge on any atom is 0.186 e. The van der Waals surface area contributed by atoms with Crippen molar-refractivity contribution in [2.45, 2.75) is 10.6 Å². The van der Waals surface area contributed by atoms with Gasteiger partial charge in [-0.3, -0.25) is 4.98 Å². The van der Waals surface area contributed by atoms with Crippen LogP contribution in [0.5, 0.6) is 17.2 Å². The molecule has 8 heteroatoms. The van der Waals surface area contributed by atoms with Crippen LogP contribution in [0.2, 0.25) is 0 Å². The summed E-state index contributed by atoms with van der Waals surface area (Å²) in [5, 5.41) is 0. The Morgan fingerprint density at radius 1 is 0.897 bits per heavy atom. The summed E-state index contributed by atoms with van der Waals surface area (Å²) < 4.78 is 42.6. The summed E-state index contributed by atoms with van der Waals surface area (Å²) in [6.07, 6.45) is 3.21. The maximum absolute atomic E-state index is 13.0. The minimum Gasteiger partial charge on any atom is -0.497 e. The fourth-order valence-corrected chi connectivity index (χ4v) is 4.97. The molecule has 0 saturated heterocycles. The van der Waals surface area contributed by atoms with E-state index in [0.717, 1.165) is 11.1 Å². The van der Waals surface area contributed by atoms with Gasteiger partial charge in [-0.2, -0.15) is 0 Å². The summed E-state index contributed by atoms with van der Waals surface area (Å²) in [5.74, 6) is 1.37. The second-order valence-electron chi connectivity index (χ2n) is 6.20. The molecule has 0 saturated carbocycles. The van der Waals surface area contributed by atoms with Gasteiger partial charge in [0.15, 0.2) is 9.84 Å². The van der Waals surface area contributed by atoms with Gasteiger partial charge in [0, 0.05) is 34.1 Å². The summed E-state index contributed by atoms with van der Waals surface area (Å²) >= 11 is 3.32. The van der Waals surface area contributed by atoms with Gasteiger partial charge in [0.05, 0.1) is 27.1 Å². The molecule has 0 atom stereocenters. The van der Waals surface area contributed by atoms with E-state index in [1.807, 2.05) is 12.1 Å². The Balaban J connectivity index is 1.98. The van der Waals surface area contributed by atoms with Crippen LogP contribution < -0.4 is 14.2 Å². The molecular weight excluding hydrogens is 458 g/mol. The molecule has 0 amide bonds. The molecule has 0 N–H and O–H groups in total. The molecule has 29 heavy (non-hydrogen) atoms. The highest BCUT2D eigenvalue weighted by atomic mass is 79.9. The zero-order valence-electron chi connectivity index (χ0n) is 16.2. The minimum absolute atomic E-state index is 0.127. The number of rotatable bonds is 7. The average molecular weight is 478 g/mol. The van der Waals surface area contributed by atoms with Crippen LogP contribution in [0.3, 0.4) is 0 Å². The summed E-state index contributed by atoms with van der Waals surface area (Å²) in [7, 11) is 0.945. The van der Waals surface area contributed by atoms with Gasteiger partial charge in [-0.1, -0.05) is 15.9 Å². The van der Waals surface area contributed by atoms with Gasteiger partial charge < -0.3 is 14.2 Å². The van der Waals surface area contributed by atoms with E-state index < -0.39 is 9.84 Å². The third-order valence-corrected chi connectivity index (χ3v) is 6.53. The lowest BCUT2D eigenvalue weighted by Crippen LogP contribution is -2.07. The van der Waals surface area contributed by atoms with Crippen LogP contribution in [-0.4, -0.2) is 34.7 Å². The first-order chi connectivity index (χ1) is 13.9. The highest BCUT2D eigenvalue weighted by Gasteiger charge is 2.21. The molecule has 0 aliphatic rings. The Hall–Kier alpha value is -2.58. The van der Waals surface area contributed by atoms with Gasteiger partial charge in [-0.15, -0.1) is 0 Å². The number of halogens is 1. The zero-order valence-corrected chi connectivity index (χ0v) is 18.6. The van der Waals surface area contributed by atoms with Gasteiger partial charge in [0.25, 0.3) is 0 Å². The van der Waals surface area contributed by atoms with Gasteiger partial charge in [-0.25, -0.2) is 8.42 Å². The maximum atomic E-state index is 13.0. The molecular formula is C21H20BrNO5S. The Kier molecular flexibility index (Phi) is 6.44. The zero-order chi connectivity index (χ0) is 21.0. The van der Waals surface area contributed by atoms with Gasteiger partial charge >= 0.3 is 0 Å². The van der Waals surface area contributed by atoms with Gasteiger partial charge in [-0.05, 0) is 42.0 Å². The quantitative estimate of drug-likeness (QED) is 0.498. The molecule has 0 bridgehead atoms. The lowest BCUT2D eigenvalue weighted by molar-refractivity contribution is 0.395. The van der Waals surface area contributed by atoms with Crippen LogP contribution in [-0.2, 0) is 15.6 Å². The highest BCUT2D eigenvalue weighted by Crippen LogP contribution is 2.34. The van der Waals surface area contributed by atoms with Gasteiger partial charge in [0.1, 0.15) is 22.1 Å². The van der Waals surface area contributed by atoms with Crippen molar-refractivity contribution < 1.29 is 22.6 Å². The van der Waals surface area contributed by atoms with E-state index in [1.54, 1.807) is 50.9 Å². The highest BCUT2D eigenvalue weighted by molar-refractivity contribution is 9.10. The topological polar surface area (TPSA) is 74.7 Å². The SMILES string of the molecule is COc1ccc(-c2cncc(CS(=O)(=O)c3cc(Br)ccc3OC)c2)c(OC)c1. The van der Waals surface area contributed by atoms with Crippen molar-refractivity contribution in [3.63, 3.8) is 0 Å². The number of ether oxygens (including phenoxy) is 3. The van der Waals surface area contributed by atoms with Crippen LogP contribution in [0.1, 0.15) is 5.56 Å². The molecule has 0 aliphatic heterocycles. The average Bonchev–Trinajstić information content (AvgIpc) is 2.73. The molecule has 1 heterocycles. The molecule has 3 aromatic rings. The van der Waals surface area contributed by atoms with Crippen molar-refractivity contribution in [3.8, 4) is 28.4 Å². The Bertz CT molecular complexity index is 1130. The number of hydrogen-bond acceptors (Lipinski definition) is 6. The normalized spacial score (nSPS) is 11.2. The third-order valence-electron chi connectivity index (χ3n) is 4.33. The summed E-state index contributed by atoms with van der Waals surface area (Å²) in [6, 6.07) is 12.1. The van der Waals surface area contributed by atoms with E-state index in [9.17, 15) is 8.42 Å². The minimum atomic E-state index is -3.65. The lowest BCUT2D eigenvalue weighted by Gasteiger charge is -2.12. The van der Waals surface area contributed by atoms with Crippen LogP contribution in [0.4, 0.5) is 0 Å². The largest absolute Gasteiger partial charge is 0.497 e. The summed E-state index contributed by atoms with van der Waals surface area (Å²) in [6.45, 7) is 0. The summed E-state index contributed by atoms with van der Waals surface area (Å²) in [4.78, 5) is 4.35. The predicted octanol–water partition coefficient (Wildman–Crippen LogP) is 4.51. The van der Waals surface area contributed by atoms with E-state index in [4.69, 9.17) is 14.2 Å². The lowest BCUT2D eigenvalue weighted by atomic mass is 10.0. The molecule has 1 aromatic heterocycles. The van der Waals surface area contributed by atoms with Crippen LogP contribution in [0.25, 0.3) is 11.1 Å². The number of aromatic nitrogens is 1. The van der Waals surface area contributed by atoms with E-state index in [-0.39, 0.29) is 10.6 Å². The number of sulfone groups is 1. The molecule has 0 spiro atoms. The first-order valence-corrected chi connectivity index (χ1v) is 11.0. The van der Waals surface area contributed by atoms with Crippen molar-refractivity contribution >= 4 is 25.8 Å². The second kappa shape index (κ2) is 8.84. The van der Waals surface area contributed by atoms with Crippen molar-refractivity contribution in [2.75, 3.05) is 21.3 Å². The molecule has 0 unspecified atom stereocenters. The molecule has 0 radical (unpaired) electrons. The van der Waals surface area contributed by atoms with E-state index in [2.05, 4.69) is 20.9 Å². The van der Waals surface area contributed by atoms with Crippen LogP contribution >= 0.6 is 15.9 Å². The fourth-order valence-electron chi connectivity index (χ4n) is 2.94. The van der Waals surface area contributed by atoms with Crippen molar-refractivity contribution in [1.82, 2.24) is 4.98 Å². The Labute approximate surface area is 178 Å². The van der Waals surface area contributed by atoms with Gasteiger partial charge in [0.2, 0.25) is 0 Å². The molecule has 3 rings (SSSR count). The standard InChI is InChI=1S/C21H20BrNO5S/c1-26-17-5-6-18(20(10-17)28-3)15-8-14(11-23-12-15)13-29(24,25)21-9-16(22)4-7-19(21)27-2/h4-12H,13H2,1-3H3. The van der Waals surface area contributed by atoms with Crippen LogP contribution in [0.15, 0.2) is 64.2 Å². The molecule has 0 fully saturated rings. The number of nitrogens with zero attached hydrogens (tertiary/aromatic N) is 1. The number of pyridine rings is 1. The van der Waals surface area contributed by atoms with E-state index >= 15 is 0 Å². The molecule has 2 aromatic carbocycles. The number of benzene rings is 2. The van der Waals surface area contributed by atoms with Crippen molar-refractivity contribution in [3.05, 3.63) is 64.9 Å². The van der Waals surface area contributed by atoms with Crippen LogP contribution in [0, 0.1) is 0 Å². The fraction of sp³-hybridized carbons (Fsp3) is 0.190. The predicted molar refractivity (Wildman–Crippen MR) is 114 cm³/mol.